The highest BCUT2D eigenvalue weighted by Crippen LogP contribution is 2.47. The Morgan fingerprint density at radius 3 is 1.50 bits per heavy atom. The molecule has 2 aromatic rings. The van der Waals surface area contributed by atoms with E-state index in [1.54, 1.807) is 0 Å². The molecule has 164 valence electrons. The van der Waals surface area contributed by atoms with Crippen LogP contribution < -0.4 is 0 Å². The zero-order valence-electron chi connectivity index (χ0n) is 16.4. The van der Waals surface area contributed by atoms with Crippen molar-refractivity contribution in [2.75, 3.05) is 19.6 Å². The normalized spacial score (nSPS) is 17.3. The Kier molecular flexibility index (Phi) is 6.20. The van der Waals surface area contributed by atoms with Crippen molar-refractivity contribution in [1.82, 2.24) is 4.90 Å². The van der Waals surface area contributed by atoms with Crippen LogP contribution in [0.25, 0.3) is 0 Å². The van der Waals surface area contributed by atoms with E-state index < -0.39 is 46.1 Å². The average molecular weight is 431 g/mol. The summed E-state index contributed by atoms with van der Waals surface area (Å²) in [7, 11) is 0. The summed E-state index contributed by atoms with van der Waals surface area (Å²) in [6.07, 6.45) is -7.84. The molecule has 1 N–H and O–H groups in total. The summed E-state index contributed by atoms with van der Waals surface area (Å²) in [4.78, 5) is 1.96. The van der Waals surface area contributed by atoms with Gasteiger partial charge in [-0.15, -0.1) is 0 Å². The molecule has 8 heteroatoms. The molecule has 1 fully saturated rings. The number of halogens is 6. The second-order valence-corrected chi connectivity index (χ2v) is 7.76. The Balaban J connectivity index is 2.24. The van der Waals surface area contributed by atoms with Crippen molar-refractivity contribution in [2.24, 2.45) is 5.92 Å². The topological polar surface area (TPSA) is 23.5 Å². The predicted octanol–water partition coefficient (Wildman–Crippen LogP) is 5.69. The van der Waals surface area contributed by atoms with Crippen molar-refractivity contribution in [2.45, 2.75) is 37.7 Å². The number of rotatable bonds is 5. The Bertz CT molecular complexity index is 813. The van der Waals surface area contributed by atoms with Crippen LogP contribution in [0.15, 0.2) is 48.5 Å². The van der Waals surface area contributed by atoms with Gasteiger partial charge >= 0.3 is 12.4 Å². The number of aliphatic hydroxyl groups is 1. The van der Waals surface area contributed by atoms with E-state index in [0.717, 1.165) is 49.2 Å². The molecule has 0 radical (unpaired) electrons. The molecule has 0 aliphatic carbocycles. The summed E-state index contributed by atoms with van der Waals surface area (Å²) in [5, 5.41) is 11.7. The van der Waals surface area contributed by atoms with Crippen molar-refractivity contribution >= 4 is 0 Å². The maximum absolute atomic E-state index is 13.8. The fourth-order valence-electron chi connectivity index (χ4n) is 4.29. The first kappa shape index (κ1) is 22.6. The molecule has 1 saturated heterocycles. The lowest BCUT2D eigenvalue weighted by atomic mass is 9.73. The highest BCUT2D eigenvalue weighted by Gasteiger charge is 2.48. The van der Waals surface area contributed by atoms with Gasteiger partial charge in [0.15, 0.2) is 0 Å². The van der Waals surface area contributed by atoms with Gasteiger partial charge in [0.2, 0.25) is 0 Å². The second-order valence-electron chi connectivity index (χ2n) is 7.76. The lowest BCUT2D eigenvalue weighted by Gasteiger charge is -2.40. The first-order valence-corrected chi connectivity index (χ1v) is 9.74. The van der Waals surface area contributed by atoms with E-state index in [1.807, 2.05) is 4.90 Å². The maximum atomic E-state index is 13.8. The summed E-state index contributed by atoms with van der Waals surface area (Å²) >= 11 is 0. The van der Waals surface area contributed by atoms with E-state index in [9.17, 15) is 31.4 Å². The van der Waals surface area contributed by atoms with E-state index in [1.165, 1.54) is 19.1 Å². The molecule has 1 unspecified atom stereocenters. The molecule has 1 aliphatic rings. The molecule has 0 spiro atoms. The van der Waals surface area contributed by atoms with Crippen molar-refractivity contribution in [3.8, 4) is 0 Å². The van der Waals surface area contributed by atoms with Crippen LogP contribution in [0, 0.1) is 5.92 Å². The molecule has 0 bridgehead atoms. The summed E-state index contributed by atoms with van der Waals surface area (Å²) in [6, 6.07) is 8.63. The van der Waals surface area contributed by atoms with E-state index in [-0.39, 0.29) is 6.54 Å². The molecule has 2 aromatic carbocycles. The smallest absolute Gasteiger partial charge is 0.380 e. The summed E-state index contributed by atoms with van der Waals surface area (Å²) < 4.78 is 82.5. The number of alkyl halides is 6. The first-order valence-electron chi connectivity index (χ1n) is 9.74. The maximum Gasteiger partial charge on any atom is 0.416 e. The number of hydrogen-bond donors (Lipinski definition) is 1. The summed E-state index contributed by atoms with van der Waals surface area (Å²) in [5.41, 5.74) is -5.90. The molecule has 3 rings (SSSR count). The van der Waals surface area contributed by atoms with Gasteiger partial charge in [-0.25, -0.2) is 0 Å². The van der Waals surface area contributed by atoms with Gasteiger partial charge in [-0.05, 0) is 38.1 Å². The molecule has 2 nitrogen and oxygen atoms in total. The van der Waals surface area contributed by atoms with Crippen LogP contribution in [0.4, 0.5) is 26.3 Å². The molecule has 1 heterocycles. The fourth-order valence-corrected chi connectivity index (χ4v) is 4.29. The zero-order chi connectivity index (χ0) is 22.2. The van der Waals surface area contributed by atoms with Gasteiger partial charge in [-0.1, -0.05) is 43.3 Å². The number of benzene rings is 2. The van der Waals surface area contributed by atoms with Gasteiger partial charge in [0.25, 0.3) is 0 Å². The largest absolute Gasteiger partial charge is 0.416 e. The van der Waals surface area contributed by atoms with Crippen LogP contribution in [0.3, 0.4) is 0 Å². The van der Waals surface area contributed by atoms with Gasteiger partial charge in [0, 0.05) is 23.6 Å². The first-order chi connectivity index (χ1) is 14.0. The number of nitrogens with zero attached hydrogens (tertiary/aromatic N) is 1. The quantitative estimate of drug-likeness (QED) is 0.615. The van der Waals surface area contributed by atoms with Gasteiger partial charge in [0.05, 0.1) is 11.1 Å². The van der Waals surface area contributed by atoms with Crippen molar-refractivity contribution in [3.63, 3.8) is 0 Å². The molecule has 30 heavy (non-hydrogen) atoms. The fraction of sp³-hybridized carbons (Fsp3) is 0.455. The molecule has 0 amide bonds. The highest BCUT2D eigenvalue weighted by molar-refractivity contribution is 5.47. The number of hydrogen-bond acceptors (Lipinski definition) is 2. The van der Waals surface area contributed by atoms with Crippen LogP contribution in [-0.2, 0) is 18.0 Å². The minimum absolute atomic E-state index is 0.175. The standard InChI is InChI=1S/C22H23F6NO/c1-15(14-29-12-6-7-13-29)20(30,16-8-2-4-10-18(16)21(23,24)25)17-9-3-5-11-19(17)22(26,27)28/h2-5,8-11,15,30H,6-7,12-14H2,1H3. The average Bonchev–Trinajstić information content (AvgIpc) is 3.19. The van der Waals surface area contributed by atoms with Crippen LogP contribution in [-0.4, -0.2) is 29.6 Å². The monoisotopic (exact) mass is 431 g/mol. The van der Waals surface area contributed by atoms with Crippen LogP contribution in [0.5, 0.6) is 0 Å². The lowest BCUT2D eigenvalue weighted by molar-refractivity contribution is -0.143. The van der Waals surface area contributed by atoms with Gasteiger partial charge < -0.3 is 10.0 Å². The van der Waals surface area contributed by atoms with Crippen molar-refractivity contribution in [1.29, 1.82) is 0 Å². The Morgan fingerprint density at radius 2 is 1.13 bits per heavy atom. The molecule has 1 atom stereocenters. The SMILES string of the molecule is CC(CN1CCCC1)C(O)(c1ccccc1C(F)(F)F)c1ccccc1C(F)(F)F. The minimum Gasteiger partial charge on any atom is -0.380 e. The third-order valence-electron chi connectivity index (χ3n) is 5.73. The predicted molar refractivity (Wildman–Crippen MR) is 101 cm³/mol. The van der Waals surface area contributed by atoms with E-state index in [4.69, 9.17) is 0 Å². The zero-order valence-corrected chi connectivity index (χ0v) is 16.4. The van der Waals surface area contributed by atoms with Crippen LogP contribution in [0.1, 0.15) is 42.0 Å². The molecule has 1 aliphatic heterocycles. The minimum atomic E-state index is -4.83. The van der Waals surface area contributed by atoms with E-state index in [2.05, 4.69) is 0 Å². The Labute approximate surface area is 171 Å². The van der Waals surface area contributed by atoms with E-state index in [0.29, 0.717) is 13.1 Å². The number of likely N-dealkylation sites (tertiary alicyclic amines) is 1. The van der Waals surface area contributed by atoms with Gasteiger partial charge in [-0.3, -0.25) is 0 Å². The third-order valence-corrected chi connectivity index (χ3v) is 5.73. The lowest BCUT2D eigenvalue weighted by Crippen LogP contribution is -2.43. The third kappa shape index (κ3) is 4.34. The van der Waals surface area contributed by atoms with Crippen LogP contribution >= 0.6 is 0 Å². The molecular formula is C22H23F6NO. The van der Waals surface area contributed by atoms with E-state index >= 15 is 0 Å². The van der Waals surface area contributed by atoms with Gasteiger partial charge in [-0.2, -0.15) is 26.3 Å². The summed E-state index contributed by atoms with van der Waals surface area (Å²) in [5.74, 6) is -0.928. The second kappa shape index (κ2) is 8.23. The van der Waals surface area contributed by atoms with Crippen molar-refractivity contribution in [3.05, 3.63) is 70.8 Å². The van der Waals surface area contributed by atoms with Crippen molar-refractivity contribution < 1.29 is 31.4 Å². The Morgan fingerprint density at radius 1 is 0.767 bits per heavy atom. The molecule has 0 saturated carbocycles. The molecular weight excluding hydrogens is 408 g/mol. The van der Waals surface area contributed by atoms with Crippen LogP contribution in [0.2, 0.25) is 0 Å². The summed E-state index contributed by atoms with van der Waals surface area (Å²) in [6.45, 7) is 3.07. The molecule has 0 aromatic heterocycles. The highest BCUT2D eigenvalue weighted by atomic mass is 19.4. The van der Waals surface area contributed by atoms with Gasteiger partial charge in [0.1, 0.15) is 5.60 Å². The Hall–Kier alpha value is -2.06.